The van der Waals surface area contributed by atoms with E-state index in [0.29, 0.717) is 36.1 Å². The summed E-state index contributed by atoms with van der Waals surface area (Å²) in [6.45, 7) is 3.55. The Bertz CT molecular complexity index is 587. The van der Waals surface area contributed by atoms with Gasteiger partial charge < -0.3 is 9.47 Å². The van der Waals surface area contributed by atoms with Crippen molar-refractivity contribution in [2.24, 2.45) is 0 Å². The minimum absolute atomic E-state index is 0.357. The summed E-state index contributed by atoms with van der Waals surface area (Å²) >= 11 is 3.43. The van der Waals surface area contributed by atoms with E-state index in [1.54, 1.807) is 4.68 Å². The number of aromatic nitrogens is 3. The van der Waals surface area contributed by atoms with Gasteiger partial charge >= 0.3 is 6.01 Å². The van der Waals surface area contributed by atoms with E-state index in [1.807, 2.05) is 31.2 Å². The first-order valence-electron chi connectivity index (χ1n) is 7.05. The molecule has 0 aliphatic rings. The summed E-state index contributed by atoms with van der Waals surface area (Å²) in [5.74, 6) is 1.70. The molecule has 0 bridgehead atoms. The Morgan fingerprint density at radius 1 is 1.23 bits per heavy atom. The first kappa shape index (κ1) is 17.3. The molecule has 0 saturated carbocycles. The Labute approximate surface area is 142 Å². The van der Waals surface area contributed by atoms with Crippen molar-refractivity contribution in [3.8, 4) is 17.4 Å². The van der Waals surface area contributed by atoms with Crippen molar-refractivity contribution in [3.63, 3.8) is 0 Å². The maximum absolute atomic E-state index is 5.67. The SMILES string of the molecule is CCOc1nc(-c2ccc(Br)cc2)nn1COCC[S+](C)C. The van der Waals surface area contributed by atoms with Crippen LogP contribution < -0.4 is 4.74 Å². The van der Waals surface area contributed by atoms with E-state index < -0.39 is 0 Å². The summed E-state index contributed by atoms with van der Waals surface area (Å²) in [5, 5.41) is 4.49. The lowest BCUT2D eigenvalue weighted by Crippen LogP contribution is -2.13. The minimum atomic E-state index is 0.357. The highest BCUT2D eigenvalue weighted by molar-refractivity contribution is 9.10. The molecule has 0 unspecified atom stereocenters. The molecule has 5 nitrogen and oxygen atoms in total. The van der Waals surface area contributed by atoms with Gasteiger partial charge in [-0.15, -0.1) is 5.10 Å². The number of rotatable bonds is 8. The zero-order valence-corrected chi connectivity index (χ0v) is 15.5. The Hall–Kier alpha value is -1.05. The van der Waals surface area contributed by atoms with Gasteiger partial charge in [-0.25, -0.2) is 0 Å². The molecule has 0 aliphatic heterocycles. The first-order valence-corrected chi connectivity index (χ1v) is 10.1. The average Bonchev–Trinajstić information content (AvgIpc) is 2.88. The van der Waals surface area contributed by atoms with Crippen molar-refractivity contribution in [1.29, 1.82) is 0 Å². The van der Waals surface area contributed by atoms with Crippen molar-refractivity contribution >= 4 is 26.8 Å². The molecule has 7 heteroatoms. The molecule has 120 valence electrons. The number of hydrogen-bond acceptors (Lipinski definition) is 4. The quantitative estimate of drug-likeness (QED) is 0.516. The second-order valence-electron chi connectivity index (χ2n) is 4.88. The molecule has 0 saturated heterocycles. The molecular weight excluding hydrogens is 366 g/mol. The third-order valence-corrected chi connectivity index (χ3v) is 4.37. The molecule has 0 amide bonds. The molecule has 1 aromatic heterocycles. The molecule has 0 N–H and O–H groups in total. The van der Waals surface area contributed by atoms with Gasteiger partial charge in [-0.3, -0.25) is 0 Å². The van der Waals surface area contributed by atoms with Crippen LogP contribution in [-0.4, -0.2) is 46.2 Å². The highest BCUT2D eigenvalue weighted by Gasteiger charge is 2.13. The monoisotopic (exact) mass is 386 g/mol. The van der Waals surface area contributed by atoms with E-state index in [1.165, 1.54) is 0 Å². The van der Waals surface area contributed by atoms with E-state index in [9.17, 15) is 0 Å². The number of nitrogens with zero attached hydrogens (tertiary/aromatic N) is 3. The molecule has 2 aromatic rings. The van der Waals surface area contributed by atoms with Crippen LogP contribution in [0.1, 0.15) is 6.92 Å². The van der Waals surface area contributed by atoms with Crippen LogP contribution in [0.15, 0.2) is 28.7 Å². The largest absolute Gasteiger partial charge is 0.464 e. The van der Waals surface area contributed by atoms with Crippen LogP contribution in [0.4, 0.5) is 0 Å². The van der Waals surface area contributed by atoms with E-state index in [2.05, 4.69) is 38.5 Å². The first-order chi connectivity index (χ1) is 10.6. The molecule has 1 aromatic carbocycles. The Balaban J connectivity index is 2.09. The van der Waals surface area contributed by atoms with Crippen molar-refractivity contribution in [1.82, 2.24) is 14.8 Å². The van der Waals surface area contributed by atoms with Crippen molar-refractivity contribution in [2.75, 3.05) is 31.5 Å². The Kier molecular flexibility index (Phi) is 6.72. The molecule has 0 spiro atoms. The third-order valence-electron chi connectivity index (χ3n) is 2.86. The number of ether oxygens (including phenoxy) is 2. The van der Waals surface area contributed by atoms with Crippen molar-refractivity contribution < 1.29 is 9.47 Å². The second kappa shape index (κ2) is 8.55. The summed E-state index contributed by atoms with van der Waals surface area (Å²) in [6.07, 6.45) is 4.41. The number of benzene rings is 1. The second-order valence-corrected chi connectivity index (χ2v) is 8.18. The predicted octanol–water partition coefficient (Wildman–Crippen LogP) is 2.96. The Morgan fingerprint density at radius 3 is 2.59 bits per heavy atom. The molecule has 0 fully saturated rings. The van der Waals surface area contributed by atoms with Crippen LogP contribution >= 0.6 is 15.9 Å². The van der Waals surface area contributed by atoms with Gasteiger partial charge in [0.25, 0.3) is 0 Å². The summed E-state index contributed by atoms with van der Waals surface area (Å²) in [6, 6.07) is 8.38. The van der Waals surface area contributed by atoms with E-state index in [-0.39, 0.29) is 0 Å². The van der Waals surface area contributed by atoms with Gasteiger partial charge in [0.05, 0.1) is 25.7 Å². The normalized spacial score (nSPS) is 11.1. The van der Waals surface area contributed by atoms with Crippen LogP contribution in [-0.2, 0) is 22.4 Å². The lowest BCUT2D eigenvalue weighted by atomic mass is 10.2. The van der Waals surface area contributed by atoms with Gasteiger partial charge in [-0.05, 0) is 30.0 Å². The third kappa shape index (κ3) is 5.00. The van der Waals surface area contributed by atoms with Gasteiger partial charge in [0.2, 0.25) is 0 Å². The van der Waals surface area contributed by atoms with Gasteiger partial charge in [0.15, 0.2) is 5.82 Å². The highest BCUT2D eigenvalue weighted by atomic mass is 79.9. The average molecular weight is 387 g/mol. The topological polar surface area (TPSA) is 49.2 Å². The van der Waals surface area contributed by atoms with Crippen LogP contribution in [0.3, 0.4) is 0 Å². The summed E-state index contributed by atoms with van der Waals surface area (Å²) in [5.41, 5.74) is 0.951. The van der Waals surface area contributed by atoms with Crippen molar-refractivity contribution in [3.05, 3.63) is 28.7 Å². The van der Waals surface area contributed by atoms with Gasteiger partial charge in [-0.2, -0.15) is 9.67 Å². The zero-order chi connectivity index (χ0) is 15.9. The van der Waals surface area contributed by atoms with Gasteiger partial charge in [0.1, 0.15) is 12.5 Å². The maximum atomic E-state index is 5.67. The molecule has 0 atom stereocenters. The fourth-order valence-electron chi connectivity index (χ4n) is 1.75. The lowest BCUT2D eigenvalue weighted by Gasteiger charge is -2.06. The Morgan fingerprint density at radius 2 is 1.95 bits per heavy atom. The molecular formula is C15H21BrN3O2S+. The summed E-state index contributed by atoms with van der Waals surface area (Å²) in [7, 11) is 0.385. The fourth-order valence-corrected chi connectivity index (χ4v) is 2.46. The van der Waals surface area contributed by atoms with E-state index in [4.69, 9.17) is 9.47 Å². The number of hydrogen-bond donors (Lipinski definition) is 0. The highest BCUT2D eigenvalue weighted by Crippen LogP contribution is 2.21. The van der Waals surface area contributed by atoms with Crippen LogP contribution in [0.2, 0.25) is 0 Å². The number of halogens is 1. The predicted molar refractivity (Wildman–Crippen MR) is 94.4 cm³/mol. The molecule has 1 heterocycles. The summed E-state index contributed by atoms with van der Waals surface area (Å²) < 4.78 is 13.9. The van der Waals surface area contributed by atoms with E-state index in [0.717, 1.165) is 22.4 Å². The molecule has 22 heavy (non-hydrogen) atoms. The van der Waals surface area contributed by atoms with Crippen LogP contribution in [0.5, 0.6) is 6.01 Å². The lowest BCUT2D eigenvalue weighted by molar-refractivity contribution is 0.0722. The summed E-state index contributed by atoms with van der Waals surface area (Å²) in [4.78, 5) is 4.45. The maximum Gasteiger partial charge on any atom is 0.317 e. The molecule has 0 aliphatic carbocycles. The standard InChI is InChI=1S/C15H21BrN3O2S/c1-4-21-15-17-14(12-5-7-13(16)8-6-12)18-19(15)11-20-9-10-22(2)3/h5-8H,4,9-11H2,1-3H3/q+1. The van der Waals surface area contributed by atoms with Crippen LogP contribution in [0, 0.1) is 0 Å². The van der Waals surface area contributed by atoms with Crippen LogP contribution in [0.25, 0.3) is 11.4 Å². The fraction of sp³-hybridized carbons (Fsp3) is 0.467. The van der Waals surface area contributed by atoms with Crippen molar-refractivity contribution in [2.45, 2.75) is 13.7 Å². The minimum Gasteiger partial charge on any atom is -0.464 e. The van der Waals surface area contributed by atoms with Gasteiger partial charge in [-0.1, -0.05) is 28.1 Å². The zero-order valence-electron chi connectivity index (χ0n) is 13.1. The molecule has 2 rings (SSSR count). The van der Waals surface area contributed by atoms with Gasteiger partial charge in [0, 0.05) is 10.0 Å². The smallest absolute Gasteiger partial charge is 0.317 e. The van der Waals surface area contributed by atoms with E-state index >= 15 is 0 Å². The molecule has 0 radical (unpaired) electrons.